The lowest BCUT2D eigenvalue weighted by Gasteiger charge is -2.26. The molecule has 4 nitrogen and oxygen atoms in total. The Morgan fingerprint density at radius 3 is 2.61 bits per heavy atom. The Bertz CT molecular complexity index is 424. The molecule has 0 saturated heterocycles. The standard InChI is InChI=1S/C14H19N3O/c1-11(8-9-15)17(2)14(18)13(16)10-12-6-4-3-5-7-12/h3-7,11,13H,8,10,16H2,1-2H3/t11?,13-/m0/s1. The summed E-state index contributed by atoms with van der Waals surface area (Å²) in [6, 6.07) is 11.1. The van der Waals surface area contributed by atoms with E-state index < -0.39 is 6.04 Å². The number of carbonyl (C=O) groups excluding carboxylic acids is 1. The molecule has 2 atom stereocenters. The molecule has 0 spiro atoms. The summed E-state index contributed by atoms with van der Waals surface area (Å²) < 4.78 is 0. The van der Waals surface area contributed by atoms with Gasteiger partial charge in [0.1, 0.15) is 0 Å². The van der Waals surface area contributed by atoms with Gasteiger partial charge in [-0.3, -0.25) is 4.79 Å². The minimum atomic E-state index is -0.557. The van der Waals surface area contributed by atoms with Crippen LogP contribution in [0.15, 0.2) is 30.3 Å². The molecular weight excluding hydrogens is 226 g/mol. The Balaban J connectivity index is 2.59. The fourth-order valence-corrected chi connectivity index (χ4v) is 1.70. The van der Waals surface area contributed by atoms with Crippen molar-refractivity contribution in [2.45, 2.75) is 31.8 Å². The van der Waals surface area contributed by atoms with Crippen LogP contribution in [0.3, 0.4) is 0 Å². The van der Waals surface area contributed by atoms with E-state index in [4.69, 9.17) is 11.0 Å². The predicted molar refractivity (Wildman–Crippen MR) is 70.6 cm³/mol. The lowest BCUT2D eigenvalue weighted by molar-refractivity contribution is -0.132. The zero-order valence-corrected chi connectivity index (χ0v) is 10.8. The molecule has 1 amide bonds. The zero-order chi connectivity index (χ0) is 13.5. The van der Waals surface area contributed by atoms with Crippen molar-refractivity contribution in [2.24, 2.45) is 5.73 Å². The third-order valence-corrected chi connectivity index (χ3v) is 3.01. The van der Waals surface area contributed by atoms with Crippen molar-refractivity contribution in [3.63, 3.8) is 0 Å². The molecule has 1 aromatic rings. The van der Waals surface area contributed by atoms with Crippen LogP contribution in [0.5, 0.6) is 0 Å². The van der Waals surface area contributed by atoms with E-state index in [0.29, 0.717) is 12.8 Å². The van der Waals surface area contributed by atoms with E-state index in [9.17, 15) is 4.79 Å². The fourth-order valence-electron chi connectivity index (χ4n) is 1.70. The summed E-state index contributed by atoms with van der Waals surface area (Å²) in [6.07, 6.45) is 0.837. The number of likely N-dealkylation sites (N-methyl/N-ethyl adjacent to an activating group) is 1. The summed E-state index contributed by atoms with van der Waals surface area (Å²) in [4.78, 5) is 13.6. The van der Waals surface area contributed by atoms with Gasteiger partial charge in [0.2, 0.25) is 5.91 Å². The lowest BCUT2D eigenvalue weighted by atomic mass is 10.0. The predicted octanol–water partition coefficient (Wildman–Crippen LogP) is 1.32. The number of rotatable bonds is 5. The molecule has 0 radical (unpaired) electrons. The summed E-state index contributed by atoms with van der Waals surface area (Å²) in [5.74, 6) is -0.124. The second kappa shape index (κ2) is 6.77. The first-order valence-corrected chi connectivity index (χ1v) is 5.99. The van der Waals surface area contributed by atoms with Crippen LogP contribution in [0.25, 0.3) is 0 Å². The number of benzene rings is 1. The average molecular weight is 245 g/mol. The topological polar surface area (TPSA) is 70.1 Å². The first kappa shape index (κ1) is 14.2. The van der Waals surface area contributed by atoms with Crippen LogP contribution >= 0.6 is 0 Å². The molecular formula is C14H19N3O. The summed E-state index contributed by atoms with van der Waals surface area (Å²) >= 11 is 0. The van der Waals surface area contributed by atoms with Crippen molar-refractivity contribution in [1.82, 2.24) is 4.90 Å². The van der Waals surface area contributed by atoms with Crippen LogP contribution in [0.2, 0.25) is 0 Å². The SMILES string of the molecule is CC(CC#N)N(C)C(=O)[C@@H](N)Cc1ccccc1. The number of amides is 1. The smallest absolute Gasteiger partial charge is 0.239 e. The Morgan fingerprint density at radius 2 is 2.06 bits per heavy atom. The highest BCUT2D eigenvalue weighted by molar-refractivity contribution is 5.82. The molecule has 0 aliphatic rings. The van der Waals surface area contributed by atoms with Crippen molar-refractivity contribution >= 4 is 5.91 Å². The number of nitrogens with zero attached hydrogens (tertiary/aromatic N) is 2. The van der Waals surface area contributed by atoms with E-state index in [-0.39, 0.29) is 11.9 Å². The van der Waals surface area contributed by atoms with Gasteiger partial charge in [0, 0.05) is 13.1 Å². The normalized spacial score (nSPS) is 13.4. The monoisotopic (exact) mass is 245 g/mol. The molecule has 0 saturated carbocycles. The molecule has 1 aromatic carbocycles. The second-order valence-corrected chi connectivity index (χ2v) is 4.46. The van der Waals surface area contributed by atoms with Gasteiger partial charge >= 0.3 is 0 Å². The molecule has 96 valence electrons. The Labute approximate surface area is 108 Å². The summed E-state index contributed by atoms with van der Waals surface area (Å²) in [6.45, 7) is 1.84. The molecule has 0 aliphatic carbocycles. The molecule has 4 heteroatoms. The van der Waals surface area contributed by atoms with Crippen molar-refractivity contribution < 1.29 is 4.79 Å². The van der Waals surface area contributed by atoms with Crippen molar-refractivity contribution in [1.29, 1.82) is 5.26 Å². The maximum atomic E-state index is 12.1. The van der Waals surface area contributed by atoms with E-state index in [1.807, 2.05) is 37.3 Å². The number of nitriles is 1. The van der Waals surface area contributed by atoms with Crippen molar-refractivity contribution in [2.75, 3.05) is 7.05 Å². The van der Waals surface area contributed by atoms with Gasteiger partial charge in [-0.05, 0) is 18.9 Å². The molecule has 2 N–H and O–H groups in total. The highest BCUT2D eigenvalue weighted by Gasteiger charge is 2.21. The van der Waals surface area contributed by atoms with E-state index >= 15 is 0 Å². The average Bonchev–Trinajstić information content (AvgIpc) is 2.38. The van der Waals surface area contributed by atoms with Gasteiger partial charge in [0.15, 0.2) is 0 Å². The molecule has 0 aliphatic heterocycles. The molecule has 0 fully saturated rings. The minimum Gasteiger partial charge on any atom is -0.341 e. The highest BCUT2D eigenvalue weighted by Crippen LogP contribution is 2.07. The highest BCUT2D eigenvalue weighted by atomic mass is 16.2. The maximum absolute atomic E-state index is 12.1. The molecule has 0 bridgehead atoms. The van der Waals surface area contributed by atoms with Gasteiger partial charge in [-0.25, -0.2) is 0 Å². The van der Waals surface area contributed by atoms with Gasteiger partial charge in [0.05, 0.1) is 18.5 Å². The summed E-state index contributed by atoms with van der Waals surface area (Å²) in [5, 5.41) is 8.62. The van der Waals surface area contributed by atoms with Crippen LogP contribution in [0, 0.1) is 11.3 Å². The third kappa shape index (κ3) is 3.86. The largest absolute Gasteiger partial charge is 0.341 e. The fraction of sp³-hybridized carbons (Fsp3) is 0.429. The number of nitrogens with two attached hydrogens (primary N) is 1. The Morgan fingerprint density at radius 1 is 1.44 bits per heavy atom. The maximum Gasteiger partial charge on any atom is 0.239 e. The van der Waals surface area contributed by atoms with Crippen LogP contribution in [-0.2, 0) is 11.2 Å². The van der Waals surface area contributed by atoms with Gasteiger partial charge < -0.3 is 10.6 Å². The minimum absolute atomic E-state index is 0.107. The second-order valence-electron chi connectivity index (χ2n) is 4.46. The summed E-state index contributed by atoms with van der Waals surface area (Å²) in [7, 11) is 1.69. The van der Waals surface area contributed by atoms with Gasteiger partial charge in [-0.2, -0.15) is 5.26 Å². The van der Waals surface area contributed by atoms with Crippen molar-refractivity contribution in [3.8, 4) is 6.07 Å². The first-order valence-electron chi connectivity index (χ1n) is 5.99. The van der Waals surface area contributed by atoms with E-state index in [1.54, 1.807) is 11.9 Å². The van der Waals surface area contributed by atoms with Crippen LogP contribution in [0.1, 0.15) is 18.9 Å². The van der Waals surface area contributed by atoms with Crippen molar-refractivity contribution in [3.05, 3.63) is 35.9 Å². The molecule has 1 rings (SSSR count). The Kier molecular flexibility index (Phi) is 5.34. The zero-order valence-electron chi connectivity index (χ0n) is 10.8. The molecule has 0 heterocycles. The van der Waals surface area contributed by atoms with Gasteiger partial charge in [0.25, 0.3) is 0 Å². The van der Waals surface area contributed by atoms with Gasteiger partial charge in [-0.15, -0.1) is 0 Å². The molecule has 18 heavy (non-hydrogen) atoms. The summed E-state index contributed by atoms with van der Waals surface area (Å²) in [5.41, 5.74) is 6.95. The van der Waals surface area contributed by atoms with E-state index in [2.05, 4.69) is 6.07 Å². The van der Waals surface area contributed by atoms with Crippen LogP contribution in [-0.4, -0.2) is 29.9 Å². The van der Waals surface area contributed by atoms with Gasteiger partial charge in [-0.1, -0.05) is 30.3 Å². The van der Waals surface area contributed by atoms with Crippen LogP contribution < -0.4 is 5.73 Å². The number of hydrogen-bond donors (Lipinski definition) is 1. The van der Waals surface area contributed by atoms with E-state index in [1.165, 1.54) is 0 Å². The quantitative estimate of drug-likeness (QED) is 0.850. The first-order chi connectivity index (χ1) is 8.56. The number of carbonyl (C=O) groups is 1. The third-order valence-electron chi connectivity index (χ3n) is 3.01. The lowest BCUT2D eigenvalue weighted by Crippen LogP contribution is -2.46. The van der Waals surface area contributed by atoms with E-state index in [0.717, 1.165) is 5.56 Å². The molecule has 1 unspecified atom stereocenters. The number of hydrogen-bond acceptors (Lipinski definition) is 3. The Hall–Kier alpha value is -1.86. The van der Waals surface area contributed by atoms with Crippen LogP contribution in [0.4, 0.5) is 0 Å². The molecule has 0 aromatic heterocycles.